The topological polar surface area (TPSA) is 57.7 Å². The van der Waals surface area contributed by atoms with Gasteiger partial charge in [-0.25, -0.2) is 0 Å². The van der Waals surface area contributed by atoms with Crippen molar-refractivity contribution in [3.05, 3.63) is 34.9 Å². The van der Waals surface area contributed by atoms with Crippen LogP contribution in [0.1, 0.15) is 90.9 Å². The average Bonchev–Trinajstić information content (AvgIpc) is 2.89. The summed E-state index contributed by atoms with van der Waals surface area (Å²) >= 11 is 0. The highest BCUT2D eigenvalue weighted by molar-refractivity contribution is 6.22. The third kappa shape index (κ3) is 3.97. The van der Waals surface area contributed by atoms with Gasteiger partial charge in [-0.2, -0.15) is 0 Å². The van der Waals surface area contributed by atoms with Crippen LogP contribution in [0.15, 0.2) is 18.2 Å². The van der Waals surface area contributed by atoms with E-state index in [0.717, 1.165) is 32.1 Å². The molecule has 142 valence electrons. The first kappa shape index (κ1) is 20.1. The van der Waals surface area contributed by atoms with Crippen LogP contribution in [0.4, 0.5) is 0 Å². The molecule has 3 amide bonds. The van der Waals surface area contributed by atoms with Gasteiger partial charge in [-0.05, 0) is 44.4 Å². The quantitative estimate of drug-likeness (QED) is 0.624. The summed E-state index contributed by atoms with van der Waals surface area (Å²) in [5.74, 6) is -0.596. The van der Waals surface area contributed by atoms with Gasteiger partial charge in [0.25, 0.3) is 17.7 Å². The summed E-state index contributed by atoms with van der Waals surface area (Å²) in [7, 11) is 0. The van der Waals surface area contributed by atoms with Gasteiger partial charge in [-0.15, -0.1) is 0 Å². The molecular weight excluding hydrogens is 328 g/mol. The largest absolute Gasteiger partial charge is 0.336 e. The summed E-state index contributed by atoms with van der Waals surface area (Å²) in [4.78, 5) is 41.2. The van der Waals surface area contributed by atoms with E-state index < -0.39 is 0 Å². The average molecular weight is 358 g/mol. The molecular formula is C21H30N2O3. The number of unbranched alkanes of at least 4 members (excludes halogenated alkanes) is 2. The molecule has 1 heterocycles. The third-order valence-corrected chi connectivity index (χ3v) is 5.09. The second-order valence-corrected chi connectivity index (χ2v) is 6.99. The summed E-state index contributed by atoms with van der Waals surface area (Å²) in [6, 6.07) is 5.05. The van der Waals surface area contributed by atoms with E-state index in [0.29, 0.717) is 29.8 Å². The van der Waals surface area contributed by atoms with Crippen molar-refractivity contribution in [3.8, 4) is 0 Å². The van der Waals surface area contributed by atoms with Gasteiger partial charge in [-0.3, -0.25) is 19.3 Å². The van der Waals surface area contributed by atoms with Crippen molar-refractivity contribution >= 4 is 17.7 Å². The van der Waals surface area contributed by atoms with Crippen molar-refractivity contribution in [1.29, 1.82) is 0 Å². The maximum atomic E-state index is 13.0. The molecule has 5 nitrogen and oxygen atoms in total. The van der Waals surface area contributed by atoms with Gasteiger partial charge in [0.1, 0.15) is 0 Å². The lowest BCUT2D eigenvalue weighted by molar-refractivity contribution is 0.0650. The number of benzene rings is 1. The zero-order valence-electron chi connectivity index (χ0n) is 16.4. The zero-order chi connectivity index (χ0) is 19.3. The van der Waals surface area contributed by atoms with Crippen LogP contribution in [0.2, 0.25) is 0 Å². The van der Waals surface area contributed by atoms with Crippen molar-refractivity contribution in [2.24, 2.45) is 0 Å². The molecule has 0 N–H and O–H groups in total. The molecule has 26 heavy (non-hydrogen) atoms. The SMILES string of the molecule is CCCCN1C(=O)c2ccc(C(=O)N(CCCC)C(C)CC)cc2C1=O. The normalized spacial score (nSPS) is 14.5. The first-order valence-corrected chi connectivity index (χ1v) is 9.77. The smallest absolute Gasteiger partial charge is 0.261 e. The Balaban J connectivity index is 2.28. The molecule has 1 unspecified atom stereocenters. The van der Waals surface area contributed by atoms with Gasteiger partial charge in [0.2, 0.25) is 0 Å². The summed E-state index contributed by atoms with van der Waals surface area (Å²) < 4.78 is 0. The molecule has 0 fully saturated rings. The van der Waals surface area contributed by atoms with Crippen LogP contribution < -0.4 is 0 Å². The molecule has 0 spiro atoms. The van der Waals surface area contributed by atoms with Gasteiger partial charge >= 0.3 is 0 Å². The minimum Gasteiger partial charge on any atom is -0.336 e. The van der Waals surface area contributed by atoms with Crippen LogP contribution in [0, 0.1) is 0 Å². The highest BCUT2D eigenvalue weighted by Gasteiger charge is 2.35. The first-order chi connectivity index (χ1) is 12.5. The van der Waals surface area contributed by atoms with Crippen LogP contribution in [0.25, 0.3) is 0 Å². The van der Waals surface area contributed by atoms with E-state index >= 15 is 0 Å². The van der Waals surface area contributed by atoms with Crippen molar-refractivity contribution in [2.45, 2.75) is 65.8 Å². The zero-order valence-corrected chi connectivity index (χ0v) is 16.4. The fourth-order valence-electron chi connectivity index (χ4n) is 3.18. The predicted molar refractivity (Wildman–Crippen MR) is 102 cm³/mol. The number of imide groups is 1. The maximum absolute atomic E-state index is 13.0. The molecule has 1 aromatic carbocycles. The van der Waals surface area contributed by atoms with Crippen molar-refractivity contribution in [1.82, 2.24) is 9.80 Å². The van der Waals surface area contributed by atoms with E-state index in [2.05, 4.69) is 13.8 Å². The molecule has 0 saturated heterocycles. The summed E-state index contributed by atoms with van der Waals surface area (Å²) in [5, 5.41) is 0. The van der Waals surface area contributed by atoms with Crippen molar-refractivity contribution < 1.29 is 14.4 Å². The Bertz CT molecular complexity index is 684. The molecule has 1 aliphatic rings. The maximum Gasteiger partial charge on any atom is 0.261 e. The second kappa shape index (κ2) is 8.97. The molecule has 0 aliphatic carbocycles. The number of amides is 3. The van der Waals surface area contributed by atoms with Gasteiger partial charge in [0, 0.05) is 24.7 Å². The predicted octanol–water partition coefficient (Wildman–Crippen LogP) is 4.12. The Hall–Kier alpha value is -2.17. The Morgan fingerprint density at radius 1 is 1.04 bits per heavy atom. The molecule has 1 aliphatic heterocycles. The molecule has 2 rings (SSSR count). The van der Waals surface area contributed by atoms with E-state index in [9.17, 15) is 14.4 Å². The van der Waals surface area contributed by atoms with Gasteiger partial charge in [-0.1, -0.05) is 33.6 Å². The fraction of sp³-hybridized carbons (Fsp3) is 0.571. The molecule has 1 atom stereocenters. The number of nitrogens with zero attached hydrogens (tertiary/aromatic N) is 2. The fourth-order valence-corrected chi connectivity index (χ4v) is 3.18. The first-order valence-electron chi connectivity index (χ1n) is 9.77. The number of carbonyl (C=O) groups excluding carboxylic acids is 3. The van der Waals surface area contributed by atoms with Crippen LogP contribution in [0.3, 0.4) is 0 Å². The molecule has 0 bridgehead atoms. The van der Waals surface area contributed by atoms with Crippen LogP contribution in [-0.4, -0.2) is 46.7 Å². The second-order valence-electron chi connectivity index (χ2n) is 6.99. The Labute approximate surface area is 156 Å². The summed E-state index contributed by atoms with van der Waals surface area (Å²) in [6.07, 6.45) is 4.55. The standard InChI is InChI=1S/C21H30N2O3/c1-5-8-12-22(15(4)7-3)19(24)16-10-11-17-18(14-16)21(26)23(20(17)25)13-9-6-2/h10-11,14-15H,5-9,12-13H2,1-4H3. The third-order valence-electron chi connectivity index (χ3n) is 5.09. The molecule has 5 heteroatoms. The Morgan fingerprint density at radius 3 is 2.31 bits per heavy atom. The Morgan fingerprint density at radius 2 is 1.69 bits per heavy atom. The van der Waals surface area contributed by atoms with Gasteiger partial charge in [0.05, 0.1) is 11.1 Å². The highest BCUT2D eigenvalue weighted by atomic mass is 16.2. The number of carbonyl (C=O) groups is 3. The van der Waals surface area contributed by atoms with Gasteiger partial charge < -0.3 is 4.90 Å². The Kier molecular flexibility index (Phi) is 6.95. The lowest BCUT2D eigenvalue weighted by Gasteiger charge is -2.28. The number of hydrogen-bond acceptors (Lipinski definition) is 3. The molecule has 0 saturated carbocycles. The van der Waals surface area contributed by atoms with E-state index in [1.54, 1.807) is 18.2 Å². The minimum absolute atomic E-state index is 0.0668. The lowest BCUT2D eigenvalue weighted by Crippen LogP contribution is -2.39. The molecule has 0 radical (unpaired) electrons. The van der Waals surface area contributed by atoms with Crippen LogP contribution in [-0.2, 0) is 0 Å². The van der Waals surface area contributed by atoms with E-state index in [1.165, 1.54) is 4.90 Å². The number of rotatable bonds is 9. The van der Waals surface area contributed by atoms with Crippen molar-refractivity contribution in [2.75, 3.05) is 13.1 Å². The van der Waals surface area contributed by atoms with E-state index in [-0.39, 0.29) is 23.8 Å². The van der Waals surface area contributed by atoms with E-state index in [1.807, 2.05) is 18.7 Å². The van der Waals surface area contributed by atoms with E-state index in [4.69, 9.17) is 0 Å². The summed E-state index contributed by atoms with van der Waals surface area (Å²) in [5.41, 5.74) is 1.25. The number of fused-ring (bicyclic) bond motifs is 1. The van der Waals surface area contributed by atoms with Crippen molar-refractivity contribution in [3.63, 3.8) is 0 Å². The van der Waals surface area contributed by atoms with Gasteiger partial charge in [0.15, 0.2) is 0 Å². The molecule has 1 aromatic rings. The number of hydrogen-bond donors (Lipinski definition) is 0. The molecule has 0 aromatic heterocycles. The van der Waals surface area contributed by atoms with Crippen LogP contribution >= 0.6 is 0 Å². The lowest BCUT2D eigenvalue weighted by atomic mass is 10.0. The minimum atomic E-state index is -0.281. The highest BCUT2D eigenvalue weighted by Crippen LogP contribution is 2.25. The summed E-state index contributed by atoms with van der Waals surface area (Å²) in [6.45, 7) is 9.37. The monoisotopic (exact) mass is 358 g/mol. The van der Waals surface area contributed by atoms with Crippen LogP contribution in [0.5, 0.6) is 0 Å².